The lowest BCUT2D eigenvalue weighted by Gasteiger charge is -2.16. The molecule has 1 unspecified atom stereocenters. The molecule has 0 radical (unpaired) electrons. The van der Waals surface area contributed by atoms with Gasteiger partial charge < -0.3 is 10.1 Å². The number of rotatable bonds is 5. The maximum absolute atomic E-state index is 12.2. The molecule has 1 heterocycles. The van der Waals surface area contributed by atoms with Crippen LogP contribution in [-0.4, -0.2) is 24.5 Å². The van der Waals surface area contributed by atoms with Gasteiger partial charge in [0.15, 0.2) is 0 Å². The largest absolute Gasteiger partial charge is 0.464 e. The standard InChI is InChI=1S/C15H19Cl2NO3S/c1-5-21-14(20)10(6-7-15(2,3)4)18-13(19)11-8-9(16)12(17)22-11/h6-8,10H,5H2,1-4H3,(H,18,19). The number of ether oxygens (including phenoxy) is 1. The van der Waals surface area contributed by atoms with Gasteiger partial charge in [-0.3, -0.25) is 4.79 Å². The van der Waals surface area contributed by atoms with Gasteiger partial charge in [-0.25, -0.2) is 4.79 Å². The molecule has 1 aromatic heterocycles. The minimum atomic E-state index is -0.855. The van der Waals surface area contributed by atoms with Crippen LogP contribution in [0, 0.1) is 5.41 Å². The molecule has 1 rings (SSSR count). The summed E-state index contributed by atoms with van der Waals surface area (Å²) in [5.74, 6) is -0.930. The molecule has 22 heavy (non-hydrogen) atoms. The Morgan fingerprint density at radius 3 is 2.50 bits per heavy atom. The third-order valence-electron chi connectivity index (χ3n) is 2.48. The Balaban J connectivity index is 2.90. The summed E-state index contributed by atoms with van der Waals surface area (Å²) >= 11 is 12.7. The number of amides is 1. The van der Waals surface area contributed by atoms with Crippen LogP contribution in [0.25, 0.3) is 0 Å². The first-order valence-corrected chi connectivity index (χ1v) is 8.33. The van der Waals surface area contributed by atoms with Crippen molar-refractivity contribution >= 4 is 46.4 Å². The lowest BCUT2D eigenvalue weighted by Crippen LogP contribution is -2.40. The predicted octanol–water partition coefficient (Wildman–Crippen LogP) is 4.32. The summed E-state index contributed by atoms with van der Waals surface area (Å²) in [6.45, 7) is 7.93. The number of halogens is 2. The molecule has 0 bridgehead atoms. The monoisotopic (exact) mass is 363 g/mol. The lowest BCUT2D eigenvalue weighted by atomic mass is 9.95. The second-order valence-electron chi connectivity index (χ2n) is 5.66. The Labute approximate surface area is 144 Å². The summed E-state index contributed by atoms with van der Waals surface area (Å²) < 4.78 is 5.32. The molecule has 7 heteroatoms. The average Bonchev–Trinajstić information content (AvgIpc) is 2.73. The second kappa shape index (κ2) is 7.99. The number of allylic oxidation sites excluding steroid dienone is 1. The maximum Gasteiger partial charge on any atom is 0.332 e. The maximum atomic E-state index is 12.2. The van der Waals surface area contributed by atoms with Crippen LogP contribution in [0.2, 0.25) is 9.36 Å². The number of carbonyl (C=O) groups excluding carboxylic acids is 2. The summed E-state index contributed by atoms with van der Waals surface area (Å²) in [6.07, 6.45) is 3.48. The van der Waals surface area contributed by atoms with Gasteiger partial charge in [0.05, 0.1) is 16.5 Å². The van der Waals surface area contributed by atoms with Crippen molar-refractivity contribution in [3.05, 3.63) is 32.5 Å². The minimum Gasteiger partial charge on any atom is -0.464 e. The molecule has 1 aromatic rings. The van der Waals surface area contributed by atoms with Gasteiger partial charge in [0.25, 0.3) is 5.91 Å². The molecular weight excluding hydrogens is 345 g/mol. The molecule has 0 saturated heterocycles. The third kappa shape index (κ3) is 5.99. The van der Waals surface area contributed by atoms with Gasteiger partial charge in [-0.15, -0.1) is 11.3 Å². The van der Waals surface area contributed by atoms with E-state index in [1.165, 1.54) is 6.07 Å². The van der Waals surface area contributed by atoms with Gasteiger partial charge >= 0.3 is 5.97 Å². The fourth-order valence-electron chi connectivity index (χ4n) is 1.47. The van der Waals surface area contributed by atoms with Gasteiger partial charge in [-0.1, -0.05) is 56.1 Å². The highest BCUT2D eigenvalue weighted by Crippen LogP contribution is 2.31. The highest BCUT2D eigenvalue weighted by atomic mass is 35.5. The van der Waals surface area contributed by atoms with E-state index in [1.54, 1.807) is 13.0 Å². The highest BCUT2D eigenvalue weighted by molar-refractivity contribution is 7.18. The Morgan fingerprint density at radius 2 is 2.05 bits per heavy atom. The van der Waals surface area contributed by atoms with Crippen molar-refractivity contribution in [2.45, 2.75) is 33.7 Å². The van der Waals surface area contributed by atoms with Crippen LogP contribution >= 0.6 is 34.5 Å². The van der Waals surface area contributed by atoms with Crippen LogP contribution in [0.15, 0.2) is 18.2 Å². The molecular formula is C15H19Cl2NO3S. The Hall–Kier alpha value is -1.04. The van der Waals surface area contributed by atoms with E-state index in [-0.39, 0.29) is 12.0 Å². The average molecular weight is 364 g/mol. The van der Waals surface area contributed by atoms with Crippen LogP contribution in [-0.2, 0) is 9.53 Å². The zero-order valence-corrected chi connectivity index (χ0v) is 15.2. The van der Waals surface area contributed by atoms with Crippen LogP contribution in [0.3, 0.4) is 0 Å². The fraction of sp³-hybridized carbons (Fsp3) is 0.467. The summed E-state index contributed by atoms with van der Waals surface area (Å²) in [4.78, 5) is 24.5. The summed E-state index contributed by atoms with van der Waals surface area (Å²) in [5, 5.41) is 2.94. The van der Waals surface area contributed by atoms with E-state index in [9.17, 15) is 9.59 Å². The first-order valence-electron chi connectivity index (χ1n) is 6.75. The summed E-state index contributed by atoms with van der Waals surface area (Å²) in [5.41, 5.74) is -0.120. The minimum absolute atomic E-state index is 0.120. The van der Waals surface area contributed by atoms with Crippen molar-refractivity contribution in [3.8, 4) is 0 Å². The molecule has 0 aliphatic heterocycles. The van der Waals surface area contributed by atoms with Gasteiger partial charge in [0.2, 0.25) is 0 Å². The number of nitrogens with one attached hydrogen (secondary N) is 1. The lowest BCUT2D eigenvalue weighted by molar-refractivity contribution is -0.144. The number of carbonyl (C=O) groups is 2. The fourth-order valence-corrected chi connectivity index (χ4v) is 2.74. The van der Waals surface area contributed by atoms with E-state index < -0.39 is 17.9 Å². The van der Waals surface area contributed by atoms with Gasteiger partial charge in [-0.2, -0.15) is 0 Å². The first-order chi connectivity index (χ1) is 10.1. The van der Waals surface area contributed by atoms with E-state index in [0.29, 0.717) is 14.2 Å². The van der Waals surface area contributed by atoms with E-state index in [1.807, 2.05) is 26.8 Å². The number of esters is 1. The van der Waals surface area contributed by atoms with Crippen molar-refractivity contribution in [2.24, 2.45) is 5.41 Å². The highest BCUT2D eigenvalue weighted by Gasteiger charge is 2.22. The molecule has 1 N–H and O–H groups in total. The van der Waals surface area contributed by atoms with E-state index in [0.717, 1.165) is 11.3 Å². The SMILES string of the molecule is CCOC(=O)C(C=CC(C)(C)C)NC(=O)c1cc(Cl)c(Cl)s1. The molecule has 1 atom stereocenters. The molecule has 0 aliphatic carbocycles. The Kier molecular flexibility index (Phi) is 6.91. The molecule has 0 spiro atoms. The summed E-state index contributed by atoms with van der Waals surface area (Å²) in [6, 6.07) is 0.617. The number of hydrogen-bond acceptors (Lipinski definition) is 4. The summed E-state index contributed by atoms with van der Waals surface area (Å²) in [7, 11) is 0. The molecule has 0 fully saturated rings. The smallest absolute Gasteiger partial charge is 0.332 e. The molecule has 1 amide bonds. The van der Waals surface area contributed by atoms with Crippen molar-refractivity contribution in [2.75, 3.05) is 6.61 Å². The molecule has 122 valence electrons. The molecule has 4 nitrogen and oxygen atoms in total. The zero-order chi connectivity index (χ0) is 16.9. The topological polar surface area (TPSA) is 55.4 Å². The van der Waals surface area contributed by atoms with Crippen LogP contribution in [0.1, 0.15) is 37.4 Å². The van der Waals surface area contributed by atoms with Crippen LogP contribution < -0.4 is 5.32 Å². The van der Waals surface area contributed by atoms with Crippen molar-refractivity contribution in [3.63, 3.8) is 0 Å². The van der Waals surface area contributed by atoms with Gasteiger partial charge in [-0.05, 0) is 18.4 Å². The van der Waals surface area contributed by atoms with Crippen LogP contribution in [0.5, 0.6) is 0 Å². The van der Waals surface area contributed by atoms with E-state index in [4.69, 9.17) is 27.9 Å². The zero-order valence-electron chi connectivity index (χ0n) is 12.9. The predicted molar refractivity (Wildman–Crippen MR) is 90.8 cm³/mol. The third-order valence-corrected chi connectivity index (χ3v) is 4.35. The molecule has 0 saturated carbocycles. The van der Waals surface area contributed by atoms with Crippen LogP contribution in [0.4, 0.5) is 0 Å². The van der Waals surface area contributed by atoms with Crippen molar-refractivity contribution in [1.82, 2.24) is 5.32 Å². The van der Waals surface area contributed by atoms with Crippen molar-refractivity contribution < 1.29 is 14.3 Å². The molecule has 0 aromatic carbocycles. The van der Waals surface area contributed by atoms with Gasteiger partial charge in [0, 0.05) is 0 Å². The number of thiophene rings is 1. The first kappa shape index (κ1) is 19.0. The number of hydrogen-bond donors (Lipinski definition) is 1. The van der Waals surface area contributed by atoms with E-state index in [2.05, 4.69) is 5.32 Å². The van der Waals surface area contributed by atoms with Crippen molar-refractivity contribution in [1.29, 1.82) is 0 Å². The normalized spacial score (nSPS) is 13.2. The van der Waals surface area contributed by atoms with Gasteiger partial charge in [0.1, 0.15) is 10.4 Å². The Morgan fingerprint density at radius 1 is 1.41 bits per heavy atom. The second-order valence-corrected chi connectivity index (χ2v) is 7.72. The Bertz CT molecular complexity index is 556. The van der Waals surface area contributed by atoms with E-state index >= 15 is 0 Å². The quantitative estimate of drug-likeness (QED) is 0.625. The molecule has 0 aliphatic rings.